The number of esters is 1. The molecule has 0 aliphatic rings. The number of ether oxygens (including phenoxy) is 1. The molecule has 4 nitrogen and oxygen atoms in total. The number of halogens is 1. The summed E-state index contributed by atoms with van der Waals surface area (Å²) in [4.78, 5) is 23.7. The summed E-state index contributed by atoms with van der Waals surface area (Å²) in [6.45, 7) is 2.03. The lowest BCUT2D eigenvalue weighted by Crippen LogP contribution is -2.34. The minimum atomic E-state index is -0.330. The van der Waals surface area contributed by atoms with Crippen LogP contribution in [0.1, 0.15) is 29.3 Å². The molecule has 0 aliphatic heterocycles. The van der Waals surface area contributed by atoms with E-state index in [-0.39, 0.29) is 30.9 Å². The topological polar surface area (TPSA) is 55.4 Å². The van der Waals surface area contributed by atoms with Gasteiger partial charge in [0.05, 0.1) is 10.2 Å². The highest BCUT2D eigenvalue weighted by atomic mass is 79.9. The SMILES string of the molecule is CC(CC(=O)OCc1csc(Br)c1)NC(=O)c1ccccc1. The molecule has 0 spiro atoms. The van der Waals surface area contributed by atoms with Crippen molar-refractivity contribution < 1.29 is 14.3 Å². The maximum atomic E-state index is 12.0. The molecular formula is C16H16BrNO3S. The summed E-state index contributed by atoms with van der Waals surface area (Å²) in [6.07, 6.45) is 0.143. The molecule has 0 fully saturated rings. The van der Waals surface area contributed by atoms with Crippen LogP contribution in [0.25, 0.3) is 0 Å². The largest absolute Gasteiger partial charge is 0.461 e. The van der Waals surface area contributed by atoms with Crippen LogP contribution in [0.2, 0.25) is 0 Å². The van der Waals surface area contributed by atoms with Crippen LogP contribution in [0.15, 0.2) is 45.6 Å². The average Bonchev–Trinajstić information content (AvgIpc) is 2.91. The van der Waals surface area contributed by atoms with Gasteiger partial charge in [0, 0.05) is 17.2 Å². The first kappa shape index (κ1) is 16.7. The average molecular weight is 382 g/mol. The third-order valence-electron chi connectivity index (χ3n) is 2.91. The predicted octanol–water partition coefficient (Wildman–Crippen LogP) is 3.76. The third-order valence-corrected chi connectivity index (χ3v) is 4.46. The van der Waals surface area contributed by atoms with Gasteiger partial charge in [-0.2, -0.15) is 0 Å². The molecule has 22 heavy (non-hydrogen) atoms. The van der Waals surface area contributed by atoms with E-state index in [0.29, 0.717) is 5.56 Å². The molecule has 1 amide bonds. The molecule has 0 saturated heterocycles. The summed E-state index contributed by atoms with van der Waals surface area (Å²) >= 11 is 4.90. The molecule has 0 saturated carbocycles. The number of hydrogen-bond acceptors (Lipinski definition) is 4. The van der Waals surface area contributed by atoms with E-state index in [1.165, 1.54) is 0 Å². The zero-order valence-electron chi connectivity index (χ0n) is 12.0. The smallest absolute Gasteiger partial charge is 0.308 e. The summed E-state index contributed by atoms with van der Waals surface area (Å²) < 4.78 is 6.20. The Morgan fingerprint density at radius 1 is 1.32 bits per heavy atom. The monoisotopic (exact) mass is 381 g/mol. The summed E-state index contributed by atoms with van der Waals surface area (Å²) in [5.74, 6) is -0.522. The summed E-state index contributed by atoms with van der Waals surface area (Å²) in [5, 5.41) is 4.71. The molecule has 2 aromatic rings. The Hall–Kier alpha value is -1.66. The van der Waals surface area contributed by atoms with Crippen molar-refractivity contribution in [3.8, 4) is 0 Å². The van der Waals surface area contributed by atoms with Crippen LogP contribution in [0.3, 0.4) is 0 Å². The van der Waals surface area contributed by atoms with Gasteiger partial charge in [-0.1, -0.05) is 18.2 Å². The maximum Gasteiger partial charge on any atom is 0.308 e. The Kier molecular flexibility index (Phi) is 6.15. The lowest BCUT2D eigenvalue weighted by molar-refractivity contribution is -0.145. The molecule has 1 heterocycles. The fourth-order valence-corrected chi connectivity index (χ4v) is 3.04. The Bertz CT molecular complexity index is 642. The highest BCUT2D eigenvalue weighted by Crippen LogP contribution is 2.21. The van der Waals surface area contributed by atoms with Crippen LogP contribution in [0.4, 0.5) is 0 Å². The molecule has 1 aromatic heterocycles. The van der Waals surface area contributed by atoms with Crippen LogP contribution < -0.4 is 5.32 Å². The molecular weight excluding hydrogens is 366 g/mol. The van der Waals surface area contributed by atoms with Gasteiger partial charge >= 0.3 is 5.97 Å². The number of rotatable bonds is 6. The number of amides is 1. The van der Waals surface area contributed by atoms with Gasteiger partial charge < -0.3 is 10.1 Å². The number of carbonyl (C=O) groups excluding carboxylic acids is 2. The van der Waals surface area contributed by atoms with Crippen molar-refractivity contribution in [2.24, 2.45) is 0 Å². The van der Waals surface area contributed by atoms with E-state index in [9.17, 15) is 9.59 Å². The third kappa shape index (κ3) is 5.27. The second-order valence-corrected chi connectivity index (χ2v) is 7.15. The highest BCUT2D eigenvalue weighted by molar-refractivity contribution is 9.11. The normalized spacial score (nSPS) is 11.7. The van der Waals surface area contributed by atoms with E-state index in [2.05, 4.69) is 21.2 Å². The van der Waals surface area contributed by atoms with Gasteiger partial charge in [-0.3, -0.25) is 9.59 Å². The van der Waals surface area contributed by atoms with Crippen molar-refractivity contribution in [1.82, 2.24) is 5.32 Å². The van der Waals surface area contributed by atoms with Crippen molar-refractivity contribution >= 4 is 39.1 Å². The summed E-state index contributed by atoms with van der Waals surface area (Å²) in [6, 6.07) is 10.5. The van der Waals surface area contributed by atoms with Gasteiger partial charge in [-0.25, -0.2) is 0 Å². The van der Waals surface area contributed by atoms with Gasteiger partial charge in [0.15, 0.2) is 0 Å². The molecule has 116 valence electrons. The van der Waals surface area contributed by atoms with Crippen molar-refractivity contribution in [3.63, 3.8) is 0 Å². The Morgan fingerprint density at radius 2 is 2.05 bits per heavy atom. The van der Waals surface area contributed by atoms with Crippen molar-refractivity contribution in [2.45, 2.75) is 26.0 Å². The van der Waals surface area contributed by atoms with Gasteiger partial charge in [-0.05, 0) is 46.4 Å². The second-order valence-electron chi connectivity index (χ2n) is 4.86. The van der Waals surface area contributed by atoms with E-state index in [4.69, 9.17) is 4.74 Å². The van der Waals surface area contributed by atoms with Gasteiger partial charge in [0.25, 0.3) is 5.91 Å². The molecule has 1 N–H and O–H groups in total. The lowest BCUT2D eigenvalue weighted by Gasteiger charge is -2.13. The Morgan fingerprint density at radius 3 is 2.68 bits per heavy atom. The number of benzene rings is 1. The second kappa shape index (κ2) is 8.10. The minimum Gasteiger partial charge on any atom is -0.461 e. The standard InChI is InChI=1S/C16H16BrNO3S/c1-11(18-16(20)13-5-3-2-4-6-13)7-15(19)21-9-12-8-14(17)22-10-12/h2-6,8,10-11H,7,9H2,1H3,(H,18,20). The number of carbonyl (C=O) groups is 2. The van der Waals surface area contributed by atoms with E-state index in [1.54, 1.807) is 42.5 Å². The predicted molar refractivity (Wildman–Crippen MR) is 89.8 cm³/mol. The molecule has 1 atom stereocenters. The molecule has 2 rings (SSSR count). The summed E-state index contributed by atoms with van der Waals surface area (Å²) in [7, 11) is 0. The molecule has 1 unspecified atom stereocenters. The van der Waals surface area contributed by atoms with Crippen LogP contribution in [0.5, 0.6) is 0 Å². The zero-order valence-corrected chi connectivity index (χ0v) is 14.4. The number of hydrogen-bond donors (Lipinski definition) is 1. The van der Waals surface area contributed by atoms with Crippen molar-refractivity contribution in [1.29, 1.82) is 0 Å². The summed E-state index contributed by atoms with van der Waals surface area (Å²) in [5.41, 5.74) is 1.53. The number of nitrogens with one attached hydrogen (secondary N) is 1. The van der Waals surface area contributed by atoms with Gasteiger partial charge in [0.1, 0.15) is 6.61 Å². The van der Waals surface area contributed by atoms with Crippen molar-refractivity contribution in [3.05, 3.63) is 56.7 Å². The van der Waals surface area contributed by atoms with E-state index < -0.39 is 0 Å². The molecule has 1 aromatic carbocycles. The molecule has 6 heteroatoms. The lowest BCUT2D eigenvalue weighted by atomic mass is 10.2. The van der Waals surface area contributed by atoms with Gasteiger partial charge in [0.2, 0.25) is 0 Å². The van der Waals surface area contributed by atoms with Crippen LogP contribution >= 0.6 is 27.3 Å². The first-order valence-electron chi connectivity index (χ1n) is 6.79. The molecule has 0 bridgehead atoms. The zero-order chi connectivity index (χ0) is 15.9. The van der Waals surface area contributed by atoms with E-state index in [1.807, 2.05) is 17.5 Å². The van der Waals surface area contributed by atoms with E-state index in [0.717, 1.165) is 9.35 Å². The van der Waals surface area contributed by atoms with Crippen LogP contribution in [0, 0.1) is 0 Å². The Labute approximate surface area is 141 Å². The maximum absolute atomic E-state index is 12.0. The van der Waals surface area contributed by atoms with E-state index >= 15 is 0 Å². The minimum absolute atomic E-state index is 0.143. The fourth-order valence-electron chi connectivity index (χ4n) is 1.84. The van der Waals surface area contributed by atoms with Crippen LogP contribution in [-0.2, 0) is 16.1 Å². The van der Waals surface area contributed by atoms with Crippen molar-refractivity contribution in [2.75, 3.05) is 0 Å². The van der Waals surface area contributed by atoms with Crippen LogP contribution in [-0.4, -0.2) is 17.9 Å². The molecule has 0 aliphatic carbocycles. The number of thiophene rings is 1. The first-order valence-corrected chi connectivity index (χ1v) is 8.46. The molecule has 0 radical (unpaired) electrons. The quantitative estimate of drug-likeness (QED) is 0.774. The fraction of sp³-hybridized carbons (Fsp3) is 0.250. The Balaban J connectivity index is 1.75. The first-order chi connectivity index (χ1) is 10.5. The highest BCUT2D eigenvalue weighted by Gasteiger charge is 2.14. The van der Waals surface area contributed by atoms with Gasteiger partial charge in [-0.15, -0.1) is 11.3 Å².